The first-order chi connectivity index (χ1) is 17.0. The molecule has 1 aliphatic heterocycles. The van der Waals surface area contributed by atoms with Crippen molar-refractivity contribution in [2.75, 3.05) is 19.8 Å². The highest BCUT2D eigenvalue weighted by Gasteiger charge is 2.35. The molecule has 2 aromatic carbocycles. The van der Waals surface area contributed by atoms with Gasteiger partial charge in [-0.25, -0.2) is 9.80 Å². The number of rotatable bonds is 9. The first-order valence-corrected chi connectivity index (χ1v) is 11.6. The molecule has 35 heavy (non-hydrogen) atoms. The first kappa shape index (κ1) is 24.3. The van der Waals surface area contributed by atoms with E-state index in [1.807, 2.05) is 26.0 Å². The van der Waals surface area contributed by atoms with E-state index in [1.54, 1.807) is 48.7 Å². The van der Waals surface area contributed by atoms with Crippen LogP contribution < -0.4 is 9.47 Å². The van der Waals surface area contributed by atoms with Gasteiger partial charge in [-0.3, -0.25) is 4.79 Å². The van der Waals surface area contributed by atoms with Gasteiger partial charge < -0.3 is 18.6 Å². The summed E-state index contributed by atoms with van der Waals surface area (Å²) in [6, 6.07) is 15.1. The summed E-state index contributed by atoms with van der Waals surface area (Å²) in [7, 11) is 0. The number of hydrogen-bond acceptors (Lipinski definition) is 7. The minimum atomic E-state index is -0.655. The van der Waals surface area contributed by atoms with E-state index in [2.05, 4.69) is 5.10 Å². The number of carbonyl (C=O) groups excluding carboxylic acids is 2. The molecule has 3 aromatic rings. The lowest BCUT2D eigenvalue weighted by Gasteiger charge is -2.19. The summed E-state index contributed by atoms with van der Waals surface area (Å²) >= 11 is 6.00. The highest BCUT2D eigenvalue weighted by Crippen LogP contribution is 2.33. The summed E-state index contributed by atoms with van der Waals surface area (Å²) in [5, 5.41) is 6.43. The zero-order valence-corrected chi connectivity index (χ0v) is 20.2. The van der Waals surface area contributed by atoms with Crippen molar-refractivity contribution < 1.29 is 28.2 Å². The fourth-order valence-electron chi connectivity index (χ4n) is 3.71. The van der Waals surface area contributed by atoms with Crippen LogP contribution in [0.25, 0.3) is 0 Å². The Kier molecular flexibility index (Phi) is 7.72. The number of benzene rings is 2. The average molecular weight is 497 g/mol. The third-order valence-electron chi connectivity index (χ3n) is 5.32. The Balaban J connectivity index is 1.48. The van der Waals surface area contributed by atoms with Gasteiger partial charge >= 0.3 is 5.97 Å². The maximum Gasteiger partial charge on any atom is 0.338 e. The van der Waals surface area contributed by atoms with Crippen LogP contribution in [0.1, 0.15) is 48.0 Å². The van der Waals surface area contributed by atoms with Crippen LogP contribution >= 0.6 is 11.6 Å². The quantitative estimate of drug-likeness (QED) is 0.375. The standard InChI is InChI=1S/C26H25ClN2O6/c1-3-32-23-12-9-18(14-24(23)33-4-2)26(31)35-16-25(30)29-21(22-6-5-13-34-22)15-20(28-29)17-7-10-19(27)11-8-17/h5-14,21H,3-4,15-16H2,1-2H3. The molecule has 0 aliphatic carbocycles. The van der Waals surface area contributed by atoms with Gasteiger partial charge in [-0.2, -0.15) is 5.10 Å². The molecule has 0 fully saturated rings. The predicted molar refractivity (Wildman–Crippen MR) is 130 cm³/mol. The van der Waals surface area contributed by atoms with Gasteiger partial charge in [-0.15, -0.1) is 0 Å². The number of esters is 1. The third kappa shape index (κ3) is 5.66. The lowest BCUT2D eigenvalue weighted by atomic mass is 10.0. The topological polar surface area (TPSA) is 90.6 Å². The molecular formula is C26H25ClN2O6. The molecular weight excluding hydrogens is 472 g/mol. The van der Waals surface area contributed by atoms with Crippen LogP contribution in [0.3, 0.4) is 0 Å². The highest BCUT2D eigenvalue weighted by molar-refractivity contribution is 6.30. The molecule has 2 heterocycles. The molecule has 0 saturated carbocycles. The fourth-order valence-corrected chi connectivity index (χ4v) is 3.84. The fraction of sp³-hybridized carbons (Fsp3) is 0.269. The normalized spacial score (nSPS) is 15.0. The Hall–Kier alpha value is -3.78. The monoisotopic (exact) mass is 496 g/mol. The van der Waals surface area contributed by atoms with Crippen molar-refractivity contribution >= 4 is 29.2 Å². The average Bonchev–Trinajstić information content (AvgIpc) is 3.54. The van der Waals surface area contributed by atoms with E-state index in [0.717, 1.165) is 5.56 Å². The summed E-state index contributed by atoms with van der Waals surface area (Å²) < 4.78 is 21.9. The number of amides is 1. The molecule has 8 nitrogen and oxygen atoms in total. The van der Waals surface area contributed by atoms with Crippen molar-refractivity contribution in [1.29, 1.82) is 0 Å². The van der Waals surface area contributed by atoms with Gasteiger partial charge in [0.1, 0.15) is 11.8 Å². The Labute approximate surface area is 208 Å². The molecule has 0 spiro atoms. The van der Waals surface area contributed by atoms with E-state index in [-0.39, 0.29) is 5.56 Å². The zero-order chi connectivity index (χ0) is 24.8. The number of ether oxygens (including phenoxy) is 3. The van der Waals surface area contributed by atoms with Crippen molar-refractivity contribution in [2.45, 2.75) is 26.3 Å². The zero-order valence-electron chi connectivity index (χ0n) is 19.4. The number of halogens is 1. The van der Waals surface area contributed by atoms with E-state index in [4.69, 9.17) is 30.2 Å². The second kappa shape index (κ2) is 11.1. The van der Waals surface area contributed by atoms with E-state index >= 15 is 0 Å². The number of hydrogen-bond donors (Lipinski definition) is 0. The summed E-state index contributed by atoms with van der Waals surface area (Å²) in [5.41, 5.74) is 1.80. The third-order valence-corrected chi connectivity index (χ3v) is 5.57. The van der Waals surface area contributed by atoms with E-state index in [1.165, 1.54) is 5.01 Å². The molecule has 9 heteroatoms. The molecule has 0 N–H and O–H groups in total. The van der Waals surface area contributed by atoms with Crippen molar-refractivity contribution in [3.05, 3.63) is 82.8 Å². The maximum absolute atomic E-state index is 13.1. The Bertz CT molecular complexity index is 1210. The number of hydrazone groups is 1. The number of nitrogens with zero attached hydrogens (tertiary/aromatic N) is 2. The molecule has 0 saturated heterocycles. The lowest BCUT2D eigenvalue weighted by Crippen LogP contribution is -2.31. The Morgan fingerprint density at radius 2 is 1.80 bits per heavy atom. The van der Waals surface area contributed by atoms with Gasteiger partial charge in [-0.1, -0.05) is 23.7 Å². The van der Waals surface area contributed by atoms with E-state index in [0.29, 0.717) is 47.6 Å². The minimum absolute atomic E-state index is 0.249. The molecule has 182 valence electrons. The largest absolute Gasteiger partial charge is 0.490 e. The molecule has 0 radical (unpaired) electrons. The van der Waals surface area contributed by atoms with Gasteiger partial charge in [0.15, 0.2) is 18.1 Å². The molecule has 1 atom stereocenters. The van der Waals surface area contributed by atoms with Crippen molar-refractivity contribution in [1.82, 2.24) is 5.01 Å². The lowest BCUT2D eigenvalue weighted by molar-refractivity contribution is -0.136. The molecule has 4 rings (SSSR count). The Morgan fingerprint density at radius 1 is 1.06 bits per heavy atom. The molecule has 1 unspecified atom stereocenters. The van der Waals surface area contributed by atoms with Gasteiger partial charge in [-0.05, 0) is 61.9 Å². The highest BCUT2D eigenvalue weighted by atomic mass is 35.5. The number of carbonyl (C=O) groups is 2. The van der Waals surface area contributed by atoms with Crippen molar-refractivity contribution in [3.8, 4) is 11.5 Å². The molecule has 1 amide bonds. The van der Waals surface area contributed by atoms with Crippen LogP contribution in [0.2, 0.25) is 5.02 Å². The minimum Gasteiger partial charge on any atom is -0.490 e. The first-order valence-electron chi connectivity index (χ1n) is 11.3. The predicted octanol–water partition coefficient (Wildman–Crippen LogP) is 5.27. The van der Waals surface area contributed by atoms with Gasteiger partial charge in [0.25, 0.3) is 5.91 Å². The van der Waals surface area contributed by atoms with Crippen LogP contribution in [0.15, 0.2) is 70.4 Å². The molecule has 1 aliphatic rings. The van der Waals surface area contributed by atoms with Crippen LogP contribution in [0.5, 0.6) is 11.5 Å². The summed E-state index contributed by atoms with van der Waals surface area (Å²) in [4.78, 5) is 25.7. The second-order valence-corrected chi connectivity index (χ2v) is 8.07. The summed E-state index contributed by atoms with van der Waals surface area (Å²) in [6.45, 7) is 4.09. The summed E-state index contributed by atoms with van der Waals surface area (Å²) in [6.07, 6.45) is 1.99. The molecule has 0 bridgehead atoms. The smallest absolute Gasteiger partial charge is 0.338 e. The van der Waals surface area contributed by atoms with Crippen LogP contribution in [0, 0.1) is 0 Å². The van der Waals surface area contributed by atoms with Gasteiger partial charge in [0.05, 0.1) is 30.8 Å². The van der Waals surface area contributed by atoms with Crippen molar-refractivity contribution in [3.63, 3.8) is 0 Å². The summed E-state index contributed by atoms with van der Waals surface area (Å²) in [5.74, 6) is 0.428. The SMILES string of the molecule is CCOc1ccc(C(=O)OCC(=O)N2N=C(c3ccc(Cl)cc3)CC2c2ccco2)cc1OCC. The van der Waals surface area contributed by atoms with Gasteiger partial charge in [0, 0.05) is 11.4 Å². The van der Waals surface area contributed by atoms with Crippen molar-refractivity contribution in [2.24, 2.45) is 5.10 Å². The Morgan fingerprint density at radius 3 is 2.49 bits per heavy atom. The van der Waals surface area contributed by atoms with E-state index in [9.17, 15) is 9.59 Å². The number of furan rings is 1. The van der Waals surface area contributed by atoms with Crippen LogP contribution in [0.4, 0.5) is 0 Å². The van der Waals surface area contributed by atoms with E-state index < -0.39 is 24.5 Å². The molecule has 1 aromatic heterocycles. The maximum atomic E-state index is 13.1. The second-order valence-electron chi connectivity index (χ2n) is 7.63. The van der Waals surface area contributed by atoms with Gasteiger partial charge in [0.2, 0.25) is 0 Å². The van der Waals surface area contributed by atoms with Crippen LogP contribution in [-0.2, 0) is 9.53 Å². The van der Waals surface area contributed by atoms with Crippen LogP contribution in [-0.4, -0.2) is 42.4 Å².